The summed E-state index contributed by atoms with van der Waals surface area (Å²) in [6.07, 6.45) is 0. The molecule has 0 aromatic carbocycles. The number of hydrogen-bond donors (Lipinski definition) is 1. The van der Waals surface area contributed by atoms with Gasteiger partial charge in [0.05, 0.1) is 4.91 Å². The molecule has 1 aliphatic carbocycles. The first-order valence-corrected chi connectivity index (χ1v) is 4.25. The fraction of sp³-hybridized carbons (Fsp3) is 0.667. The normalized spacial score (nSPS) is 30.4. The van der Waals surface area contributed by atoms with Gasteiger partial charge in [0, 0.05) is 0 Å². The van der Waals surface area contributed by atoms with E-state index in [1.165, 1.54) is 0 Å². The van der Waals surface area contributed by atoms with Crippen molar-refractivity contribution in [3.8, 4) is 0 Å². The molecule has 0 nitrogen and oxygen atoms in total. The minimum Gasteiger partial charge on any atom is -0.193 e. The average Bonchev–Trinajstić information content (AvgIpc) is 2.12. The van der Waals surface area contributed by atoms with Crippen LogP contribution >= 0.6 is 24.2 Å². The van der Waals surface area contributed by atoms with E-state index >= 15 is 0 Å². The summed E-state index contributed by atoms with van der Waals surface area (Å²) in [6, 6.07) is 0. The summed E-state index contributed by atoms with van der Waals surface area (Å²) in [5, 5.41) is -2.39. The van der Waals surface area contributed by atoms with Crippen LogP contribution in [0.3, 0.4) is 0 Å². The van der Waals surface area contributed by atoms with Gasteiger partial charge in [-0.1, -0.05) is 11.6 Å². The highest BCUT2D eigenvalue weighted by atomic mass is 35.5. The molecule has 1 rings (SSSR count). The van der Waals surface area contributed by atoms with Gasteiger partial charge in [-0.3, -0.25) is 0 Å². The molecule has 1 aliphatic rings. The van der Waals surface area contributed by atoms with Crippen molar-refractivity contribution in [1.82, 2.24) is 0 Å². The molecule has 0 radical (unpaired) electrons. The highest BCUT2D eigenvalue weighted by Gasteiger charge is 2.85. The summed E-state index contributed by atoms with van der Waals surface area (Å²) in [7, 11) is 0. The molecule has 0 saturated heterocycles. The SMILES string of the molecule is FC1(F)C(S)=C(Cl)C(F)(F)C(F)(F)C1(F)F. The number of allylic oxidation sites excluding steroid dienone is 2. The van der Waals surface area contributed by atoms with Crippen molar-refractivity contribution < 1.29 is 35.1 Å². The van der Waals surface area contributed by atoms with Crippen LogP contribution < -0.4 is 0 Å². The Hall–Kier alpha value is -0.180. The summed E-state index contributed by atoms with van der Waals surface area (Å²) in [4.78, 5) is -2.27. The molecule has 0 amide bonds. The fourth-order valence-electron chi connectivity index (χ4n) is 0.967. The molecule has 0 heterocycles. The lowest BCUT2D eigenvalue weighted by Gasteiger charge is -2.41. The lowest BCUT2D eigenvalue weighted by molar-refractivity contribution is -0.354. The fourth-order valence-corrected chi connectivity index (χ4v) is 1.49. The smallest absolute Gasteiger partial charge is 0.193 e. The maximum atomic E-state index is 12.7. The van der Waals surface area contributed by atoms with Crippen LogP contribution in [0.15, 0.2) is 9.94 Å². The second-order valence-corrected chi connectivity index (χ2v) is 3.79. The van der Waals surface area contributed by atoms with Crippen molar-refractivity contribution in [2.75, 3.05) is 0 Å². The first-order chi connectivity index (χ1) is 6.82. The van der Waals surface area contributed by atoms with Crippen molar-refractivity contribution in [1.29, 1.82) is 0 Å². The monoisotopic (exact) mass is 292 g/mol. The molecule has 16 heavy (non-hydrogen) atoms. The standard InChI is InChI=1S/C6HClF8S/c7-1-2(16)4(10,11)6(14,15)5(12,13)3(1,8)9/h16H. The molecule has 0 N–H and O–H groups in total. The third kappa shape index (κ3) is 1.24. The predicted octanol–water partition coefficient (Wildman–Crippen LogP) is 3.92. The van der Waals surface area contributed by atoms with Crippen molar-refractivity contribution >= 4 is 24.2 Å². The quantitative estimate of drug-likeness (QED) is 0.508. The Bertz CT molecular complexity index is 326. The summed E-state index contributed by atoms with van der Waals surface area (Å²) in [5.74, 6) is -23.7. The number of rotatable bonds is 0. The Balaban J connectivity index is 3.64. The summed E-state index contributed by atoms with van der Waals surface area (Å²) < 4.78 is 101. The van der Waals surface area contributed by atoms with Gasteiger partial charge in [0.25, 0.3) is 0 Å². The highest BCUT2D eigenvalue weighted by Crippen LogP contribution is 2.62. The Morgan fingerprint density at radius 3 is 1.44 bits per heavy atom. The van der Waals surface area contributed by atoms with E-state index in [1.807, 2.05) is 0 Å². The van der Waals surface area contributed by atoms with E-state index in [1.54, 1.807) is 0 Å². The van der Waals surface area contributed by atoms with E-state index < -0.39 is 33.6 Å². The van der Waals surface area contributed by atoms with Gasteiger partial charge < -0.3 is 0 Å². The summed E-state index contributed by atoms with van der Waals surface area (Å²) in [5.41, 5.74) is 0. The zero-order valence-electron chi connectivity index (χ0n) is 6.85. The molecule has 10 heteroatoms. The number of alkyl halides is 8. The predicted molar refractivity (Wildman–Crippen MR) is 41.7 cm³/mol. The topological polar surface area (TPSA) is 0 Å². The van der Waals surface area contributed by atoms with Crippen LogP contribution in [0.5, 0.6) is 0 Å². The summed E-state index contributed by atoms with van der Waals surface area (Å²) in [6.45, 7) is 0. The van der Waals surface area contributed by atoms with Crippen LogP contribution in [0.2, 0.25) is 0 Å². The zero-order valence-corrected chi connectivity index (χ0v) is 8.50. The van der Waals surface area contributed by atoms with Crippen molar-refractivity contribution in [3.63, 3.8) is 0 Å². The van der Waals surface area contributed by atoms with Crippen LogP contribution in [-0.2, 0) is 0 Å². The third-order valence-corrected chi connectivity index (χ3v) is 3.03. The number of halogens is 9. The van der Waals surface area contributed by atoms with Gasteiger partial charge in [0.1, 0.15) is 5.03 Å². The van der Waals surface area contributed by atoms with Gasteiger partial charge in [0.2, 0.25) is 0 Å². The molecule has 0 aromatic heterocycles. The van der Waals surface area contributed by atoms with Crippen LogP contribution in [0.1, 0.15) is 0 Å². The minimum absolute atomic E-state index is 2.27. The lowest BCUT2D eigenvalue weighted by Crippen LogP contribution is -2.66. The minimum atomic E-state index is -6.30. The zero-order chi connectivity index (χ0) is 13.2. The third-order valence-electron chi connectivity index (χ3n) is 1.96. The first kappa shape index (κ1) is 13.9. The second kappa shape index (κ2) is 3.18. The number of hydrogen-bond acceptors (Lipinski definition) is 1. The molecule has 0 saturated carbocycles. The van der Waals surface area contributed by atoms with Crippen molar-refractivity contribution in [2.24, 2.45) is 0 Å². The Morgan fingerprint density at radius 2 is 1.06 bits per heavy atom. The molecule has 0 bridgehead atoms. The van der Waals surface area contributed by atoms with Crippen LogP contribution in [-0.4, -0.2) is 23.7 Å². The van der Waals surface area contributed by atoms with E-state index in [2.05, 4.69) is 24.2 Å². The average molecular weight is 293 g/mol. The van der Waals surface area contributed by atoms with Crippen molar-refractivity contribution in [3.05, 3.63) is 9.94 Å². The summed E-state index contributed by atoms with van der Waals surface area (Å²) >= 11 is 7.16. The van der Waals surface area contributed by atoms with E-state index in [0.717, 1.165) is 0 Å². The van der Waals surface area contributed by atoms with E-state index in [4.69, 9.17) is 0 Å². The molecule has 0 aliphatic heterocycles. The maximum absolute atomic E-state index is 12.7. The van der Waals surface area contributed by atoms with E-state index in [-0.39, 0.29) is 0 Å². The Labute approximate surface area is 93.7 Å². The van der Waals surface area contributed by atoms with Gasteiger partial charge in [-0.2, -0.15) is 35.1 Å². The van der Waals surface area contributed by atoms with Crippen LogP contribution in [0, 0.1) is 0 Å². The molecule has 0 atom stereocenters. The maximum Gasteiger partial charge on any atom is 0.383 e. The van der Waals surface area contributed by atoms with Gasteiger partial charge in [0.15, 0.2) is 0 Å². The molecule has 0 unspecified atom stereocenters. The highest BCUT2D eigenvalue weighted by molar-refractivity contribution is 7.84. The van der Waals surface area contributed by atoms with Crippen molar-refractivity contribution in [2.45, 2.75) is 23.7 Å². The number of thiol groups is 1. The Morgan fingerprint density at radius 1 is 0.750 bits per heavy atom. The van der Waals surface area contributed by atoms with Crippen LogP contribution in [0.25, 0.3) is 0 Å². The largest absolute Gasteiger partial charge is 0.383 e. The molecule has 0 aromatic rings. The molecular formula is C6HClF8S. The van der Waals surface area contributed by atoms with Gasteiger partial charge >= 0.3 is 23.7 Å². The lowest BCUT2D eigenvalue weighted by atomic mass is 9.91. The van der Waals surface area contributed by atoms with Gasteiger partial charge in [-0.25, -0.2) is 0 Å². The van der Waals surface area contributed by atoms with E-state index in [0.29, 0.717) is 0 Å². The first-order valence-electron chi connectivity index (χ1n) is 3.42. The second-order valence-electron chi connectivity index (χ2n) is 2.96. The van der Waals surface area contributed by atoms with Gasteiger partial charge in [-0.05, 0) is 0 Å². The van der Waals surface area contributed by atoms with Crippen LogP contribution in [0.4, 0.5) is 35.1 Å². The Kier molecular flexibility index (Phi) is 2.76. The molecule has 94 valence electrons. The van der Waals surface area contributed by atoms with E-state index in [9.17, 15) is 35.1 Å². The molecule has 0 spiro atoms. The molecule has 0 fully saturated rings. The van der Waals surface area contributed by atoms with Gasteiger partial charge in [-0.15, -0.1) is 12.6 Å². The molecular weight excluding hydrogens is 292 g/mol.